The predicted octanol–water partition coefficient (Wildman–Crippen LogP) is -1.37. The van der Waals surface area contributed by atoms with Crippen LogP contribution in [0.1, 0.15) is 0 Å². The van der Waals surface area contributed by atoms with Gasteiger partial charge in [0.1, 0.15) is 7.91 Å². The minimum Gasteiger partial charge on any atom is -0.786 e. The summed E-state index contributed by atoms with van der Waals surface area (Å²) in [4.78, 5) is 25.4. The van der Waals surface area contributed by atoms with Crippen LogP contribution < -0.4 is 9.79 Å². The minimum atomic E-state index is -5.64. The van der Waals surface area contributed by atoms with Crippen LogP contribution in [0.2, 0.25) is 0 Å². The Morgan fingerprint density at radius 3 is 1.40 bits per heavy atom. The van der Waals surface area contributed by atoms with Gasteiger partial charge in [0.15, 0.2) is 0 Å². The molecule has 0 aliphatic carbocycles. The van der Waals surface area contributed by atoms with Crippen molar-refractivity contribution in [1.29, 1.82) is 0 Å². The van der Waals surface area contributed by atoms with Gasteiger partial charge in [-0.05, 0) is 0 Å². The maximum Gasteiger partial charge on any atom is 2.00 e. The third-order valence-corrected chi connectivity index (χ3v) is 0. The van der Waals surface area contributed by atoms with Gasteiger partial charge in [-0.25, -0.2) is 8.99 Å². The van der Waals surface area contributed by atoms with Gasteiger partial charge in [-0.15, -0.1) is 0 Å². The first-order valence-electron chi connectivity index (χ1n) is 1.37. The van der Waals surface area contributed by atoms with Crippen molar-refractivity contribution < 1.29 is 33.6 Å². The minimum absolute atomic E-state index is 0. The molecule has 0 aromatic heterocycles. The number of hydrogen-bond acceptors (Lipinski definition) is 4. The molecular weight excluding hydrogens is 198 g/mol. The third-order valence-electron chi connectivity index (χ3n) is 0. The van der Waals surface area contributed by atoms with Crippen molar-refractivity contribution in [2.75, 3.05) is 0 Å². The molecule has 2 N–H and O–H groups in total. The van der Waals surface area contributed by atoms with E-state index in [0.29, 0.717) is 0 Å². The summed E-state index contributed by atoms with van der Waals surface area (Å²) in [5.74, 6) is 0. The van der Waals surface area contributed by atoms with Crippen LogP contribution in [0, 0.1) is 0 Å². The molecule has 0 saturated carbocycles. The number of halogens is 1. The van der Waals surface area contributed by atoms with Crippen LogP contribution in [0.5, 0.6) is 0 Å². The molecule has 0 aliphatic heterocycles. The van der Waals surface area contributed by atoms with Crippen molar-refractivity contribution in [2.45, 2.75) is 0 Å². The second-order valence-electron chi connectivity index (χ2n) is 0.713. The van der Waals surface area contributed by atoms with E-state index in [9.17, 15) is 4.20 Å². The summed E-state index contributed by atoms with van der Waals surface area (Å²) >= 11 is 0. The molecule has 0 fully saturated rings. The normalized spacial score (nSPS) is 8.30. The topological polar surface area (TPSA) is 121 Å². The number of rotatable bonds is 0. The number of carboxylic acid groups (broad SMARTS) is 2. The smallest absolute Gasteiger partial charge is 0.786 e. The van der Waals surface area contributed by atoms with Crippen molar-refractivity contribution in [3.63, 3.8) is 0 Å². The average Bonchev–Trinajstić information content (AvgIpc) is 1.19. The maximum absolute atomic E-state index is 10.1. The van der Waals surface area contributed by atoms with Gasteiger partial charge in [0.05, 0.1) is 0 Å². The van der Waals surface area contributed by atoms with Crippen LogP contribution in [-0.4, -0.2) is 54.1 Å². The Balaban J connectivity index is -0.0000000910. The van der Waals surface area contributed by atoms with E-state index in [1.54, 1.807) is 0 Å². The van der Waals surface area contributed by atoms with Gasteiger partial charge in [-0.1, -0.05) is 0 Å². The first-order chi connectivity index (χ1) is 3.73. The Kier molecular flexibility index (Phi) is 13.1. The van der Waals surface area contributed by atoms with Crippen molar-refractivity contribution in [3.8, 4) is 0 Å². The molecule has 0 rings (SSSR count). The number of hydrogen-bond donors (Lipinski definition) is 2. The van der Waals surface area contributed by atoms with Gasteiger partial charge in [0.25, 0.3) is 0 Å². The van der Waals surface area contributed by atoms with Crippen molar-refractivity contribution >= 4 is 51.8 Å². The average molecular weight is 200 g/mol. The molecule has 0 amide bonds. The fraction of sp³-hybridized carbons (Fsp3) is 0. The zero-order chi connectivity index (χ0) is 8.08. The van der Waals surface area contributed by atoms with Gasteiger partial charge >= 0.3 is 43.9 Å². The van der Waals surface area contributed by atoms with E-state index in [1.165, 1.54) is 0 Å². The predicted molar refractivity (Wildman–Crippen MR) is 25.1 cm³/mol. The molecule has 6 nitrogen and oxygen atoms in total. The molecule has 0 radical (unpaired) electrons. The Morgan fingerprint density at radius 1 is 1.40 bits per heavy atom. The van der Waals surface area contributed by atoms with E-state index in [0.717, 1.165) is 0 Å². The summed E-state index contributed by atoms with van der Waals surface area (Å²) in [5, 5.41) is 13.9. The van der Waals surface area contributed by atoms with E-state index in [1.807, 2.05) is 0 Å². The van der Waals surface area contributed by atoms with E-state index >= 15 is 0 Å². The first kappa shape index (κ1) is 16.9. The van der Waals surface area contributed by atoms with Crippen LogP contribution in [-0.2, 0) is 4.57 Å². The molecule has 0 atom stereocenters. The van der Waals surface area contributed by atoms with Gasteiger partial charge in [0, 0.05) is 0 Å². The summed E-state index contributed by atoms with van der Waals surface area (Å²) in [7, 11) is -5.64. The molecule has 9 heteroatoms. The SMILES string of the molecule is O=C(O)O.O=P([O-])([O-])F.[Ca+2]. The molecule has 0 bridgehead atoms. The van der Waals surface area contributed by atoms with Crippen LogP contribution >= 0.6 is 7.91 Å². The zero-order valence-electron chi connectivity index (χ0n) is 4.56. The summed E-state index contributed by atoms with van der Waals surface area (Å²) in [6.45, 7) is 0. The molecule has 56 valence electrons. The molecule has 0 unspecified atom stereocenters. The Hall–Kier alpha value is 0.610. The van der Waals surface area contributed by atoms with Gasteiger partial charge in [0.2, 0.25) is 0 Å². The molecule has 0 aliphatic rings. The van der Waals surface area contributed by atoms with Crippen LogP contribution in [0.25, 0.3) is 0 Å². The van der Waals surface area contributed by atoms with Crippen molar-refractivity contribution in [1.82, 2.24) is 0 Å². The fourth-order valence-corrected chi connectivity index (χ4v) is 0. The fourth-order valence-electron chi connectivity index (χ4n) is 0. The van der Waals surface area contributed by atoms with Crippen molar-refractivity contribution in [2.24, 2.45) is 0 Å². The van der Waals surface area contributed by atoms with Crippen LogP contribution in [0.4, 0.5) is 8.99 Å². The van der Waals surface area contributed by atoms with E-state index in [4.69, 9.17) is 29.4 Å². The summed E-state index contributed by atoms with van der Waals surface area (Å²) in [6.07, 6.45) is -1.83. The Labute approximate surface area is 85.0 Å². The molecule has 0 saturated heterocycles. The van der Waals surface area contributed by atoms with Crippen LogP contribution in [0.3, 0.4) is 0 Å². The molecule has 0 aromatic carbocycles. The molecule has 0 spiro atoms. The van der Waals surface area contributed by atoms with Crippen LogP contribution in [0.15, 0.2) is 0 Å². The second kappa shape index (κ2) is 7.71. The van der Waals surface area contributed by atoms with E-state index in [2.05, 4.69) is 0 Å². The summed E-state index contributed by atoms with van der Waals surface area (Å²) in [5.41, 5.74) is 0. The molecule has 0 aromatic rings. The Bertz CT molecular complexity index is 117. The molecular formula is CH2CaFO6P. The number of carbonyl (C=O) groups is 1. The van der Waals surface area contributed by atoms with Gasteiger partial charge in [-0.2, -0.15) is 0 Å². The first-order valence-corrected chi connectivity index (χ1v) is 2.80. The maximum atomic E-state index is 10.1. The monoisotopic (exact) mass is 200 g/mol. The largest absolute Gasteiger partial charge is 2.00 e. The van der Waals surface area contributed by atoms with E-state index < -0.39 is 14.1 Å². The quantitative estimate of drug-likeness (QED) is 0.367. The van der Waals surface area contributed by atoms with Gasteiger partial charge in [-0.3, -0.25) is 0 Å². The van der Waals surface area contributed by atoms with Gasteiger partial charge < -0.3 is 24.6 Å². The summed E-state index contributed by atoms with van der Waals surface area (Å²) in [6, 6.07) is 0. The third kappa shape index (κ3) is 1340. The molecule has 0 heterocycles. The van der Waals surface area contributed by atoms with E-state index in [-0.39, 0.29) is 37.7 Å². The standard InChI is InChI=1S/CH2O3.Ca.FH2O3P/c2-1(3)4;;1-5(2,3)4/h(H2,2,3,4);;(H2,2,3,4)/q;+2;/p-2. The zero-order valence-corrected chi connectivity index (χ0v) is 7.66. The van der Waals surface area contributed by atoms with Crippen molar-refractivity contribution in [3.05, 3.63) is 0 Å². The Morgan fingerprint density at radius 2 is 1.40 bits per heavy atom. The summed E-state index contributed by atoms with van der Waals surface area (Å²) < 4.78 is 18.6. The second-order valence-corrected chi connectivity index (χ2v) is 1.57. The molecule has 10 heavy (non-hydrogen) atoms.